The third kappa shape index (κ3) is 6.16. The number of nitrogens with zero attached hydrogens (tertiary/aromatic N) is 1. The lowest BCUT2D eigenvalue weighted by atomic mass is 10.1. The van der Waals surface area contributed by atoms with Crippen LogP contribution in [0.1, 0.15) is 33.9 Å². The molecule has 0 unspecified atom stereocenters. The Morgan fingerprint density at radius 1 is 1.06 bits per heavy atom. The number of carbonyl (C=O) groups excluding carboxylic acids is 1. The molecular weight excluding hydrogens is 468 g/mol. The molecule has 3 rings (SSSR count). The Kier molecular flexibility index (Phi) is 7.80. The molecule has 0 heterocycles. The Bertz CT molecular complexity index is 1250. The Labute approximate surface area is 196 Å². The summed E-state index contributed by atoms with van der Waals surface area (Å²) in [6.07, 6.45) is 0.149. The SMILES string of the molecule is Cc1c(C(=O)OCC[C@@H](NS(=O)(=O)c2ccc(Cl)cc2)c2ccccc2)cccc1[N+](=O)[O-]. The number of esters is 1. The molecule has 0 saturated heterocycles. The molecule has 0 aliphatic heterocycles. The molecule has 3 aromatic carbocycles. The summed E-state index contributed by atoms with van der Waals surface area (Å²) < 4.78 is 33.7. The van der Waals surface area contributed by atoms with E-state index in [0.717, 1.165) is 0 Å². The molecule has 0 saturated carbocycles. The predicted octanol–water partition coefficient (Wildman–Crippen LogP) is 4.82. The van der Waals surface area contributed by atoms with Gasteiger partial charge in [0.15, 0.2) is 0 Å². The number of nitrogens with one attached hydrogen (secondary N) is 1. The van der Waals surface area contributed by atoms with Crippen LogP contribution in [-0.2, 0) is 14.8 Å². The van der Waals surface area contributed by atoms with Gasteiger partial charge in [-0.15, -0.1) is 0 Å². The van der Waals surface area contributed by atoms with E-state index in [1.54, 1.807) is 30.3 Å². The Balaban J connectivity index is 1.74. The van der Waals surface area contributed by atoms with Crippen molar-refractivity contribution in [2.24, 2.45) is 0 Å². The van der Waals surface area contributed by atoms with Crippen LogP contribution < -0.4 is 4.72 Å². The molecule has 3 aromatic rings. The molecule has 172 valence electrons. The quantitative estimate of drug-likeness (QED) is 0.262. The summed E-state index contributed by atoms with van der Waals surface area (Å²) in [5.41, 5.74) is 0.803. The molecule has 0 aromatic heterocycles. The summed E-state index contributed by atoms with van der Waals surface area (Å²) in [7, 11) is -3.87. The maximum absolute atomic E-state index is 12.9. The van der Waals surface area contributed by atoms with Crippen LogP contribution >= 0.6 is 11.6 Å². The fourth-order valence-corrected chi connectivity index (χ4v) is 4.62. The first kappa shape index (κ1) is 24.4. The number of hydrogen-bond donors (Lipinski definition) is 1. The van der Waals surface area contributed by atoms with E-state index in [9.17, 15) is 23.3 Å². The van der Waals surface area contributed by atoms with Crippen LogP contribution in [-0.4, -0.2) is 25.9 Å². The first-order valence-electron chi connectivity index (χ1n) is 9.93. The number of hydrogen-bond acceptors (Lipinski definition) is 6. The van der Waals surface area contributed by atoms with Crippen LogP contribution in [0.3, 0.4) is 0 Å². The minimum Gasteiger partial charge on any atom is -0.462 e. The third-order valence-corrected chi connectivity index (χ3v) is 6.72. The highest BCUT2D eigenvalue weighted by Crippen LogP contribution is 2.24. The zero-order chi connectivity index (χ0) is 24.0. The van der Waals surface area contributed by atoms with E-state index in [-0.39, 0.29) is 34.7 Å². The third-order valence-electron chi connectivity index (χ3n) is 4.98. The normalized spacial score (nSPS) is 12.2. The van der Waals surface area contributed by atoms with Crippen molar-refractivity contribution in [3.8, 4) is 0 Å². The number of nitro benzene ring substituents is 1. The highest BCUT2D eigenvalue weighted by Gasteiger charge is 2.23. The lowest BCUT2D eigenvalue weighted by Gasteiger charge is -2.19. The minimum atomic E-state index is -3.87. The zero-order valence-corrected chi connectivity index (χ0v) is 19.2. The molecule has 0 aliphatic carbocycles. The molecule has 0 aliphatic rings. The second-order valence-corrected chi connectivity index (χ2v) is 9.32. The number of nitro groups is 1. The van der Waals surface area contributed by atoms with Crippen molar-refractivity contribution in [2.75, 3.05) is 6.61 Å². The standard InChI is InChI=1S/C23H21ClN2O6S/c1-16-20(8-5-9-22(16)26(28)29)23(27)32-15-14-21(17-6-3-2-4-7-17)25-33(30,31)19-12-10-18(24)11-13-19/h2-13,21,25H,14-15H2,1H3/t21-/m1/s1. The largest absolute Gasteiger partial charge is 0.462 e. The predicted molar refractivity (Wildman–Crippen MR) is 124 cm³/mol. The fraction of sp³-hybridized carbons (Fsp3) is 0.174. The monoisotopic (exact) mass is 488 g/mol. The van der Waals surface area contributed by atoms with Crippen molar-refractivity contribution in [1.29, 1.82) is 0 Å². The van der Waals surface area contributed by atoms with E-state index in [4.69, 9.17) is 16.3 Å². The Morgan fingerprint density at radius 3 is 2.36 bits per heavy atom. The Hall–Kier alpha value is -3.27. The molecule has 10 heteroatoms. The van der Waals surface area contributed by atoms with Gasteiger partial charge in [-0.25, -0.2) is 17.9 Å². The molecule has 0 bridgehead atoms. The van der Waals surface area contributed by atoms with E-state index in [1.165, 1.54) is 49.4 Å². The van der Waals surface area contributed by atoms with Crippen LogP contribution in [0.2, 0.25) is 5.02 Å². The summed E-state index contributed by atoms with van der Waals surface area (Å²) >= 11 is 5.85. The highest BCUT2D eigenvalue weighted by atomic mass is 35.5. The van der Waals surface area contributed by atoms with Crippen LogP contribution in [0.25, 0.3) is 0 Å². The van der Waals surface area contributed by atoms with Gasteiger partial charge in [-0.05, 0) is 42.8 Å². The maximum atomic E-state index is 12.9. The van der Waals surface area contributed by atoms with Gasteiger partial charge < -0.3 is 4.74 Å². The number of benzene rings is 3. The second kappa shape index (κ2) is 10.6. The summed E-state index contributed by atoms with van der Waals surface area (Å²) in [6.45, 7) is 1.37. The van der Waals surface area contributed by atoms with E-state index < -0.39 is 27.0 Å². The molecule has 0 radical (unpaired) electrons. The van der Waals surface area contributed by atoms with Crippen molar-refractivity contribution in [1.82, 2.24) is 4.72 Å². The number of carbonyl (C=O) groups is 1. The van der Waals surface area contributed by atoms with Gasteiger partial charge in [0, 0.05) is 23.1 Å². The van der Waals surface area contributed by atoms with Gasteiger partial charge in [0.2, 0.25) is 10.0 Å². The number of halogens is 1. The summed E-state index contributed by atoms with van der Waals surface area (Å²) in [5.74, 6) is -0.719. The molecule has 0 spiro atoms. The van der Waals surface area contributed by atoms with E-state index in [0.29, 0.717) is 10.6 Å². The van der Waals surface area contributed by atoms with Gasteiger partial charge in [-0.1, -0.05) is 48.0 Å². The first-order chi connectivity index (χ1) is 15.7. The van der Waals surface area contributed by atoms with Crippen LogP contribution in [0, 0.1) is 17.0 Å². The van der Waals surface area contributed by atoms with Crippen molar-refractivity contribution < 1.29 is 22.9 Å². The topological polar surface area (TPSA) is 116 Å². The van der Waals surface area contributed by atoms with E-state index >= 15 is 0 Å². The van der Waals surface area contributed by atoms with Crippen molar-refractivity contribution in [2.45, 2.75) is 24.3 Å². The van der Waals surface area contributed by atoms with Crippen LogP contribution in [0.5, 0.6) is 0 Å². The van der Waals surface area contributed by atoms with Crippen molar-refractivity contribution in [3.63, 3.8) is 0 Å². The molecule has 33 heavy (non-hydrogen) atoms. The lowest BCUT2D eigenvalue weighted by Crippen LogP contribution is -2.30. The highest BCUT2D eigenvalue weighted by molar-refractivity contribution is 7.89. The second-order valence-electron chi connectivity index (χ2n) is 7.17. The van der Waals surface area contributed by atoms with Gasteiger partial charge in [0.25, 0.3) is 5.69 Å². The van der Waals surface area contributed by atoms with Gasteiger partial charge in [0.05, 0.1) is 28.0 Å². The fourth-order valence-electron chi connectivity index (χ4n) is 3.24. The van der Waals surface area contributed by atoms with Gasteiger partial charge in [-0.2, -0.15) is 0 Å². The summed E-state index contributed by atoms with van der Waals surface area (Å²) in [6, 6.07) is 18.1. The van der Waals surface area contributed by atoms with Crippen LogP contribution in [0.15, 0.2) is 77.7 Å². The van der Waals surface area contributed by atoms with Gasteiger partial charge in [0.1, 0.15) is 0 Å². The smallest absolute Gasteiger partial charge is 0.338 e. The first-order valence-corrected chi connectivity index (χ1v) is 11.8. The Morgan fingerprint density at radius 2 is 1.73 bits per heavy atom. The molecular formula is C23H21ClN2O6S. The van der Waals surface area contributed by atoms with Gasteiger partial charge >= 0.3 is 5.97 Å². The molecule has 1 atom stereocenters. The zero-order valence-electron chi connectivity index (χ0n) is 17.6. The number of rotatable bonds is 9. The van der Waals surface area contributed by atoms with Gasteiger partial charge in [-0.3, -0.25) is 10.1 Å². The number of ether oxygens (including phenoxy) is 1. The summed E-state index contributed by atoms with van der Waals surface area (Å²) in [4.78, 5) is 23.1. The van der Waals surface area contributed by atoms with Crippen molar-refractivity contribution >= 4 is 33.3 Å². The summed E-state index contributed by atoms with van der Waals surface area (Å²) in [5, 5.41) is 11.5. The molecule has 0 amide bonds. The molecule has 1 N–H and O–H groups in total. The van der Waals surface area contributed by atoms with E-state index in [2.05, 4.69) is 4.72 Å². The lowest BCUT2D eigenvalue weighted by molar-refractivity contribution is -0.385. The molecule has 0 fully saturated rings. The molecule has 8 nitrogen and oxygen atoms in total. The number of sulfonamides is 1. The van der Waals surface area contributed by atoms with E-state index in [1.807, 2.05) is 0 Å². The van der Waals surface area contributed by atoms with Crippen molar-refractivity contribution in [3.05, 3.63) is 105 Å². The average Bonchev–Trinajstić information content (AvgIpc) is 2.79. The van der Waals surface area contributed by atoms with Crippen LogP contribution in [0.4, 0.5) is 5.69 Å². The minimum absolute atomic E-state index is 0.0528. The average molecular weight is 489 g/mol. The maximum Gasteiger partial charge on any atom is 0.338 e.